The van der Waals surface area contributed by atoms with Gasteiger partial charge >= 0.3 is 0 Å². The van der Waals surface area contributed by atoms with Crippen molar-refractivity contribution in [2.24, 2.45) is 11.8 Å². The van der Waals surface area contributed by atoms with Crippen molar-refractivity contribution in [2.75, 3.05) is 33.0 Å². The number of nitrogens with zero attached hydrogens (tertiary/aromatic N) is 1. The van der Waals surface area contributed by atoms with Gasteiger partial charge in [0.25, 0.3) is 0 Å². The SMILES string of the molecule is c1ccc2c(c1)OCOC2N1CC2CNCC2C1. The first-order valence-corrected chi connectivity index (χ1v) is 6.70. The average molecular weight is 246 g/mol. The van der Waals surface area contributed by atoms with Gasteiger partial charge in [-0.15, -0.1) is 0 Å². The Hall–Kier alpha value is -1.10. The Morgan fingerprint density at radius 3 is 2.72 bits per heavy atom. The quantitative estimate of drug-likeness (QED) is 0.807. The molecule has 0 spiro atoms. The second-order valence-electron chi connectivity index (χ2n) is 5.45. The van der Waals surface area contributed by atoms with Gasteiger partial charge in [0.1, 0.15) is 12.0 Å². The molecule has 0 aromatic heterocycles. The van der Waals surface area contributed by atoms with Crippen LogP contribution in [0.4, 0.5) is 0 Å². The van der Waals surface area contributed by atoms with Crippen molar-refractivity contribution in [3.05, 3.63) is 29.8 Å². The molecule has 18 heavy (non-hydrogen) atoms. The summed E-state index contributed by atoms with van der Waals surface area (Å²) in [5.74, 6) is 2.57. The number of para-hydroxylation sites is 1. The van der Waals surface area contributed by atoms with Crippen LogP contribution in [0.2, 0.25) is 0 Å². The molecule has 96 valence electrons. The maximum atomic E-state index is 5.84. The van der Waals surface area contributed by atoms with Gasteiger partial charge in [0.05, 0.1) is 0 Å². The van der Waals surface area contributed by atoms with Crippen LogP contribution in [0.3, 0.4) is 0 Å². The van der Waals surface area contributed by atoms with Crippen LogP contribution in [0, 0.1) is 11.8 Å². The highest BCUT2D eigenvalue weighted by Gasteiger charge is 2.40. The molecule has 3 unspecified atom stereocenters. The molecular weight excluding hydrogens is 228 g/mol. The lowest BCUT2D eigenvalue weighted by Gasteiger charge is -2.33. The third-order valence-corrected chi connectivity index (χ3v) is 4.37. The highest BCUT2D eigenvalue weighted by Crippen LogP contribution is 2.38. The smallest absolute Gasteiger partial charge is 0.191 e. The fraction of sp³-hybridized carbons (Fsp3) is 0.571. The Morgan fingerprint density at radius 1 is 1.11 bits per heavy atom. The minimum absolute atomic E-state index is 0.0838. The molecule has 0 bridgehead atoms. The molecule has 2 fully saturated rings. The van der Waals surface area contributed by atoms with Gasteiger partial charge in [0.15, 0.2) is 6.79 Å². The summed E-state index contributed by atoms with van der Waals surface area (Å²) in [6.07, 6.45) is 0.0838. The maximum Gasteiger partial charge on any atom is 0.191 e. The lowest BCUT2D eigenvalue weighted by Crippen LogP contribution is -2.34. The molecular formula is C14H18N2O2. The predicted molar refractivity (Wildman–Crippen MR) is 67.2 cm³/mol. The van der Waals surface area contributed by atoms with E-state index in [1.54, 1.807) is 0 Å². The minimum atomic E-state index is 0.0838. The average Bonchev–Trinajstić information content (AvgIpc) is 2.99. The van der Waals surface area contributed by atoms with Crippen molar-refractivity contribution in [3.8, 4) is 5.75 Å². The van der Waals surface area contributed by atoms with E-state index in [4.69, 9.17) is 9.47 Å². The van der Waals surface area contributed by atoms with Crippen molar-refractivity contribution in [1.82, 2.24) is 10.2 Å². The van der Waals surface area contributed by atoms with E-state index < -0.39 is 0 Å². The molecule has 3 aliphatic heterocycles. The lowest BCUT2D eigenvalue weighted by atomic mass is 10.0. The van der Waals surface area contributed by atoms with Crippen molar-refractivity contribution in [1.29, 1.82) is 0 Å². The Balaban J connectivity index is 1.59. The molecule has 0 radical (unpaired) electrons. The van der Waals surface area contributed by atoms with E-state index in [0.717, 1.165) is 43.8 Å². The van der Waals surface area contributed by atoms with Crippen molar-refractivity contribution in [3.63, 3.8) is 0 Å². The summed E-state index contributed by atoms with van der Waals surface area (Å²) in [5, 5.41) is 3.47. The van der Waals surface area contributed by atoms with Gasteiger partial charge < -0.3 is 14.8 Å². The van der Waals surface area contributed by atoms with Crippen LogP contribution in [0.25, 0.3) is 0 Å². The summed E-state index contributed by atoms with van der Waals surface area (Å²) < 4.78 is 11.4. The van der Waals surface area contributed by atoms with Gasteiger partial charge in [-0.3, -0.25) is 4.90 Å². The zero-order valence-electron chi connectivity index (χ0n) is 10.3. The molecule has 3 aliphatic rings. The van der Waals surface area contributed by atoms with E-state index in [1.807, 2.05) is 12.1 Å². The summed E-state index contributed by atoms with van der Waals surface area (Å²) in [5.41, 5.74) is 1.18. The third kappa shape index (κ3) is 1.64. The molecule has 4 heteroatoms. The molecule has 0 amide bonds. The number of fused-ring (bicyclic) bond motifs is 2. The summed E-state index contributed by atoms with van der Waals surface area (Å²) in [6.45, 7) is 4.96. The van der Waals surface area contributed by atoms with Crippen LogP contribution < -0.4 is 10.1 Å². The largest absolute Gasteiger partial charge is 0.467 e. The number of rotatable bonds is 1. The monoisotopic (exact) mass is 246 g/mol. The van der Waals surface area contributed by atoms with Crippen molar-refractivity contribution >= 4 is 0 Å². The molecule has 1 aromatic rings. The Kier molecular flexibility index (Phi) is 2.53. The van der Waals surface area contributed by atoms with E-state index in [9.17, 15) is 0 Å². The van der Waals surface area contributed by atoms with Crippen LogP contribution >= 0.6 is 0 Å². The van der Waals surface area contributed by atoms with Gasteiger partial charge in [0.2, 0.25) is 0 Å². The van der Waals surface area contributed by atoms with E-state index in [1.165, 1.54) is 5.56 Å². The van der Waals surface area contributed by atoms with E-state index in [2.05, 4.69) is 22.3 Å². The van der Waals surface area contributed by atoms with Crippen LogP contribution in [0.15, 0.2) is 24.3 Å². The van der Waals surface area contributed by atoms with Crippen LogP contribution in [0.1, 0.15) is 11.8 Å². The molecule has 0 aliphatic carbocycles. The summed E-state index contributed by atoms with van der Waals surface area (Å²) >= 11 is 0. The number of likely N-dealkylation sites (tertiary alicyclic amines) is 1. The zero-order chi connectivity index (χ0) is 11.9. The molecule has 3 heterocycles. The van der Waals surface area contributed by atoms with Crippen molar-refractivity contribution in [2.45, 2.75) is 6.23 Å². The topological polar surface area (TPSA) is 33.7 Å². The van der Waals surface area contributed by atoms with Gasteiger partial charge in [-0.2, -0.15) is 0 Å². The van der Waals surface area contributed by atoms with Gasteiger partial charge in [0, 0.05) is 18.7 Å². The Morgan fingerprint density at radius 2 is 1.89 bits per heavy atom. The van der Waals surface area contributed by atoms with Gasteiger partial charge in [-0.25, -0.2) is 0 Å². The van der Waals surface area contributed by atoms with E-state index >= 15 is 0 Å². The lowest BCUT2D eigenvalue weighted by molar-refractivity contribution is -0.127. The molecule has 4 nitrogen and oxygen atoms in total. The highest BCUT2D eigenvalue weighted by atomic mass is 16.7. The number of hydrogen-bond acceptors (Lipinski definition) is 4. The fourth-order valence-electron chi connectivity index (χ4n) is 3.45. The highest BCUT2D eigenvalue weighted by molar-refractivity contribution is 5.36. The molecule has 3 atom stereocenters. The molecule has 1 aromatic carbocycles. The first-order chi connectivity index (χ1) is 8.92. The Labute approximate surface area is 107 Å². The molecule has 0 saturated carbocycles. The normalized spacial score (nSPS) is 35.0. The zero-order valence-corrected chi connectivity index (χ0v) is 10.3. The minimum Gasteiger partial charge on any atom is -0.467 e. The van der Waals surface area contributed by atoms with Crippen LogP contribution in [-0.2, 0) is 4.74 Å². The number of nitrogens with one attached hydrogen (secondary N) is 1. The molecule has 4 rings (SSSR count). The first kappa shape index (κ1) is 10.8. The maximum absolute atomic E-state index is 5.84. The van der Waals surface area contributed by atoms with Crippen LogP contribution in [-0.4, -0.2) is 37.9 Å². The van der Waals surface area contributed by atoms with E-state index in [-0.39, 0.29) is 6.23 Å². The predicted octanol–water partition coefficient (Wildman–Crippen LogP) is 1.20. The molecule has 2 saturated heterocycles. The summed E-state index contributed by atoms with van der Waals surface area (Å²) in [6, 6.07) is 8.22. The fourth-order valence-corrected chi connectivity index (χ4v) is 3.45. The van der Waals surface area contributed by atoms with Crippen LogP contribution in [0.5, 0.6) is 5.75 Å². The third-order valence-electron chi connectivity index (χ3n) is 4.37. The molecule has 1 N–H and O–H groups in total. The first-order valence-electron chi connectivity index (χ1n) is 6.70. The number of benzene rings is 1. The van der Waals surface area contributed by atoms with Gasteiger partial charge in [-0.1, -0.05) is 18.2 Å². The Bertz CT molecular complexity index is 439. The second-order valence-corrected chi connectivity index (χ2v) is 5.45. The second kappa shape index (κ2) is 4.23. The number of ether oxygens (including phenoxy) is 2. The standard InChI is InChI=1S/C14H18N2O2/c1-2-4-13-12(3-1)14(18-9-17-13)16-7-10-5-15-6-11(10)8-16/h1-4,10-11,14-15H,5-9H2. The van der Waals surface area contributed by atoms with Crippen molar-refractivity contribution < 1.29 is 9.47 Å². The number of hydrogen-bond donors (Lipinski definition) is 1. The summed E-state index contributed by atoms with van der Waals surface area (Å²) in [7, 11) is 0. The summed E-state index contributed by atoms with van der Waals surface area (Å²) in [4.78, 5) is 2.47. The van der Waals surface area contributed by atoms with Gasteiger partial charge in [-0.05, 0) is 31.0 Å². The van der Waals surface area contributed by atoms with E-state index in [0.29, 0.717) is 6.79 Å².